The average molecular weight is 314 g/mol. The quantitative estimate of drug-likeness (QED) is 0.649. The molecule has 2 N–H and O–H groups in total. The number of carbonyl (C=O) groups is 1. The fraction of sp³-hybridized carbons (Fsp3) is 0.312. The number of nitrogens with zero attached hydrogens (tertiary/aromatic N) is 2. The fourth-order valence-electron chi connectivity index (χ4n) is 2.66. The van der Waals surface area contributed by atoms with Crippen LogP contribution in [0.15, 0.2) is 23.3 Å². The van der Waals surface area contributed by atoms with Crippen LogP contribution in [0.25, 0.3) is 0 Å². The molecule has 1 aromatic carbocycles. The summed E-state index contributed by atoms with van der Waals surface area (Å²) in [5.41, 5.74) is 5.78. The normalized spacial score (nSPS) is 13.1. The van der Waals surface area contributed by atoms with E-state index in [0.29, 0.717) is 17.2 Å². The highest BCUT2D eigenvalue weighted by atomic mass is 16.5. The molecule has 0 saturated carbocycles. The maximum absolute atomic E-state index is 12.1. The van der Waals surface area contributed by atoms with Gasteiger partial charge in [0.1, 0.15) is 0 Å². The first-order valence-corrected chi connectivity index (χ1v) is 7.34. The van der Waals surface area contributed by atoms with Crippen molar-refractivity contribution in [1.29, 1.82) is 0 Å². The number of rotatable bonds is 5. The Morgan fingerprint density at radius 2 is 2.13 bits per heavy atom. The minimum atomic E-state index is -0.305. The van der Waals surface area contributed by atoms with E-state index in [4.69, 9.17) is 9.47 Å². The number of H-pyrrole nitrogens is 1. The van der Waals surface area contributed by atoms with Crippen LogP contribution in [0.2, 0.25) is 0 Å². The zero-order valence-electron chi connectivity index (χ0n) is 13.0. The molecule has 0 fully saturated rings. The molecule has 1 aromatic heterocycles. The Kier molecular flexibility index (Phi) is 4.27. The monoisotopic (exact) mass is 314 g/mol. The Balaban J connectivity index is 1.68. The molecule has 1 amide bonds. The van der Waals surface area contributed by atoms with Crippen molar-refractivity contribution in [3.05, 3.63) is 40.7 Å². The van der Waals surface area contributed by atoms with Crippen LogP contribution in [0.3, 0.4) is 0 Å². The largest absolute Gasteiger partial charge is 0.493 e. The summed E-state index contributed by atoms with van der Waals surface area (Å²) in [6, 6.07) is 5.38. The lowest BCUT2D eigenvalue weighted by molar-refractivity contribution is 0.0949. The molecule has 0 atom stereocenters. The smallest absolute Gasteiger partial charge is 0.292 e. The minimum Gasteiger partial charge on any atom is -0.493 e. The van der Waals surface area contributed by atoms with E-state index in [-0.39, 0.29) is 5.91 Å². The third kappa shape index (κ3) is 3.03. The summed E-state index contributed by atoms with van der Waals surface area (Å²) < 4.78 is 10.4. The van der Waals surface area contributed by atoms with Gasteiger partial charge in [0.2, 0.25) is 0 Å². The number of hydrogen-bond donors (Lipinski definition) is 2. The number of hydrazone groups is 1. The Labute approximate surface area is 133 Å². The summed E-state index contributed by atoms with van der Waals surface area (Å²) in [5, 5.41) is 11.0. The zero-order chi connectivity index (χ0) is 16.2. The number of fused-ring (bicyclic) bond motifs is 1. The van der Waals surface area contributed by atoms with Crippen LogP contribution in [0.5, 0.6) is 11.5 Å². The molecule has 1 aliphatic rings. The van der Waals surface area contributed by atoms with E-state index in [0.717, 1.165) is 36.1 Å². The topological polar surface area (TPSA) is 88.6 Å². The number of nitrogens with one attached hydrogen (secondary N) is 2. The van der Waals surface area contributed by atoms with Gasteiger partial charge in [0, 0.05) is 11.3 Å². The second-order valence-electron chi connectivity index (χ2n) is 5.20. The predicted octanol–water partition coefficient (Wildman–Crippen LogP) is 1.68. The van der Waals surface area contributed by atoms with Gasteiger partial charge < -0.3 is 9.47 Å². The molecular weight excluding hydrogens is 296 g/mol. The standard InChI is InChI=1S/C16H18N4O3/c1-22-13-7-6-10(8-14(13)23-2)9-17-20-16(21)15-11-4-3-5-12(11)18-19-15/h6-9H,3-5H2,1-2H3,(H,18,19)(H,20,21). The molecule has 0 saturated heterocycles. The molecule has 23 heavy (non-hydrogen) atoms. The highest BCUT2D eigenvalue weighted by Crippen LogP contribution is 2.27. The van der Waals surface area contributed by atoms with Crippen LogP contribution in [0, 0.1) is 0 Å². The highest BCUT2D eigenvalue weighted by Gasteiger charge is 2.22. The van der Waals surface area contributed by atoms with Crippen molar-refractivity contribution >= 4 is 12.1 Å². The number of aromatic nitrogens is 2. The summed E-state index contributed by atoms with van der Waals surface area (Å²) in [7, 11) is 3.15. The van der Waals surface area contributed by atoms with Gasteiger partial charge in [-0.15, -0.1) is 0 Å². The fourth-order valence-corrected chi connectivity index (χ4v) is 2.66. The Morgan fingerprint density at radius 1 is 1.30 bits per heavy atom. The number of aromatic amines is 1. The predicted molar refractivity (Wildman–Crippen MR) is 85.2 cm³/mol. The van der Waals surface area contributed by atoms with Crippen LogP contribution in [-0.2, 0) is 12.8 Å². The van der Waals surface area contributed by atoms with Gasteiger partial charge in [-0.2, -0.15) is 10.2 Å². The van der Waals surface area contributed by atoms with Crippen LogP contribution in [0.4, 0.5) is 0 Å². The summed E-state index contributed by atoms with van der Waals surface area (Å²) in [5.74, 6) is 0.940. The molecule has 0 unspecified atom stereocenters. The zero-order valence-corrected chi connectivity index (χ0v) is 13.0. The lowest BCUT2D eigenvalue weighted by Gasteiger charge is -2.07. The van der Waals surface area contributed by atoms with Crippen molar-refractivity contribution in [1.82, 2.24) is 15.6 Å². The molecule has 1 heterocycles. The maximum Gasteiger partial charge on any atom is 0.292 e. The van der Waals surface area contributed by atoms with Crippen molar-refractivity contribution in [2.45, 2.75) is 19.3 Å². The molecule has 0 aliphatic heterocycles. The van der Waals surface area contributed by atoms with Gasteiger partial charge in [0.05, 0.1) is 20.4 Å². The van der Waals surface area contributed by atoms with E-state index in [1.807, 2.05) is 6.07 Å². The lowest BCUT2D eigenvalue weighted by atomic mass is 10.2. The first kappa shape index (κ1) is 15.1. The average Bonchev–Trinajstić information content (AvgIpc) is 3.17. The van der Waals surface area contributed by atoms with Crippen molar-refractivity contribution in [3.63, 3.8) is 0 Å². The van der Waals surface area contributed by atoms with Gasteiger partial charge in [-0.3, -0.25) is 9.89 Å². The SMILES string of the molecule is COc1ccc(C=NNC(=O)c2n[nH]c3c2CCC3)cc1OC. The molecular formula is C16H18N4O3. The van der Waals surface area contributed by atoms with Crippen molar-refractivity contribution < 1.29 is 14.3 Å². The van der Waals surface area contributed by atoms with Crippen LogP contribution in [-0.4, -0.2) is 36.5 Å². The molecule has 1 aliphatic carbocycles. The van der Waals surface area contributed by atoms with Crippen LogP contribution in [0.1, 0.15) is 33.7 Å². The molecule has 2 aromatic rings. The Hall–Kier alpha value is -2.83. The first-order valence-electron chi connectivity index (χ1n) is 7.34. The van der Waals surface area contributed by atoms with E-state index < -0.39 is 0 Å². The van der Waals surface area contributed by atoms with E-state index in [1.54, 1.807) is 32.6 Å². The molecule has 0 spiro atoms. The molecule has 7 nitrogen and oxygen atoms in total. The molecule has 3 rings (SSSR count). The third-order valence-corrected chi connectivity index (χ3v) is 3.81. The van der Waals surface area contributed by atoms with Gasteiger partial charge in [0.15, 0.2) is 17.2 Å². The highest BCUT2D eigenvalue weighted by molar-refractivity contribution is 5.94. The van der Waals surface area contributed by atoms with Gasteiger partial charge in [0.25, 0.3) is 5.91 Å². The Morgan fingerprint density at radius 3 is 2.91 bits per heavy atom. The summed E-state index contributed by atoms with van der Waals surface area (Å²) in [4.78, 5) is 12.1. The van der Waals surface area contributed by atoms with Crippen LogP contribution >= 0.6 is 0 Å². The van der Waals surface area contributed by atoms with E-state index >= 15 is 0 Å². The van der Waals surface area contributed by atoms with Gasteiger partial charge >= 0.3 is 0 Å². The second-order valence-corrected chi connectivity index (χ2v) is 5.20. The van der Waals surface area contributed by atoms with Crippen molar-refractivity contribution in [2.75, 3.05) is 14.2 Å². The van der Waals surface area contributed by atoms with Crippen molar-refractivity contribution in [3.8, 4) is 11.5 Å². The number of amides is 1. The van der Waals surface area contributed by atoms with E-state index in [2.05, 4.69) is 20.7 Å². The number of carbonyl (C=O) groups excluding carboxylic acids is 1. The molecule has 7 heteroatoms. The molecule has 0 bridgehead atoms. The molecule has 0 radical (unpaired) electrons. The van der Waals surface area contributed by atoms with Crippen molar-refractivity contribution in [2.24, 2.45) is 5.10 Å². The number of hydrogen-bond acceptors (Lipinski definition) is 5. The molecule has 120 valence electrons. The number of ether oxygens (including phenoxy) is 2. The summed E-state index contributed by atoms with van der Waals surface area (Å²) >= 11 is 0. The van der Waals surface area contributed by atoms with Gasteiger partial charge in [-0.1, -0.05) is 0 Å². The van der Waals surface area contributed by atoms with E-state index in [1.165, 1.54) is 0 Å². The minimum absolute atomic E-state index is 0.305. The number of methoxy groups -OCH3 is 2. The van der Waals surface area contributed by atoms with E-state index in [9.17, 15) is 4.79 Å². The Bertz CT molecular complexity index is 752. The summed E-state index contributed by atoms with van der Waals surface area (Å²) in [6.07, 6.45) is 4.43. The third-order valence-electron chi connectivity index (χ3n) is 3.81. The van der Waals surface area contributed by atoms with Gasteiger partial charge in [-0.05, 0) is 43.0 Å². The number of benzene rings is 1. The van der Waals surface area contributed by atoms with Gasteiger partial charge in [-0.25, -0.2) is 5.43 Å². The summed E-state index contributed by atoms with van der Waals surface area (Å²) in [6.45, 7) is 0. The second kappa shape index (κ2) is 6.51. The van der Waals surface area contributed by atoms with Crippen LogP contribution < -0.4 is 14.9 Å². The maximum atomic E-state index is 12.1. The lowest BCUT2D eigenvalue weighted by Crippen LogP contribution is -2.19. The number of aryl methyl sites for hydroxylation is 1. The first-order chi connectivity index (χ1) is 11.2.